The summed E-state index contributed by atoms with van der Waals surface area (Å²) in [7, 11) is 0.756. The zero-order chi connectivity index (χ0) is 26.3. The van der Waals surface area contributed by atoms with E-state index in [1.54, 1.807) is 6.20 Å². The number of benzene rings is 1. The van der Waals surface area contributed by atoms with Gasteiger partial charge in [0.2, 0.25) is 5.91 Å². The lowest BCUT2D eigenvalue weighted by Crippen LogP contribution is -2.26. The molecule has 0 spiro atoms. The maximum Gasteiger partial charge on any atom is 0.230 e. The molecule has 6 nitrogen and oxygen atoms in total. The van der Waals surface area contributed by atoms with Gasteiger partial charge in [-0.3, -0.25) is 14.7 Å². The second-order valence-electron chi connectivity index (χ2n) is 8.67. The summed E-state index contributed by atoms with van der Waals surface area (Å²) in [6.45, 7) is 11.5. The molecule has 2 atom stereocenters. The molecule has 0 aliphatic carbocycles. The Hall–Kier alpha value is -2.08. The molecule has 1 amide bonds. The minimum Gasteiger partial charge on any atom is -0.492 e. The maximum absolute atomic E-state index is 12.5. The van der Waals surface area contributed by atoms with Gasteiger partial charge in [0.25, 0.3) is 0 Å². The van der Waals surface area contributed by atoms with Crippen LogP contribution in [0.2, 0.25) is 0 Å². The Labute approximate surface area is 223 Å². The van der Waals surface area contributed by atoms with E-state index in [0.29, 0.717) is 13.0 Å². The molecule has 1 aliphatic heterocycles. The third-order valence-corrected chi connectivity index (χ3v) is 7.49. The van der Waals surface area contributed by atoms with E-state index in [4.69, 9.17) is 10.5 Å². The molecule has 1 aromatic heterocycles. The number of nitrogens with one attached hydrogen (secondary N) is 1. The van der Waals surface area contributed by atoms with Crippen LogP contribution in [0.3, 0.4) is 0 Å². The lowest BCUT2D eigenvalue weighted by Gasteiger charge is -2.23. The van der Waals surface area contributed by atoms with E-state index in [9.17, 15) is 4.79 Å². The number of allylic oxidation sites excluding steroid dienone is 1. The third kappa shape index (κ3) is 9.76. The van der Waals surface area contributed by atoms with Crippen LogP contribution >= 0.6 is 20.5 Å². The van der Waals surface area contributed by atoms with Crippen molar-refractivity contribution in [3.8, 4) is 5.75 Å². The quantitative estimate of drug-likeness (QED) is 0.276. The van der Waals surface area contributed by atoms with Crippen LogP contribution < -0.4 is 15.2 Å². The standard InChI is InChI=1S/C26H37N4O2PS.C2H6/c1-4-33-18-24(27)8-7-21(14-26(31)29-34-3)20-6-5-19(2)22(13-20)16-30-11-12-32-25-9-10-28-15-23(25)17-30;1-2/h5-6,9-10,13,15,18,21,33H,4,7-8,11-12,14,16-17,27H2,1-3H3,(H,29,31);1-2H3/b24-18-;. The van der Waals surface area contributed by atoms with Crippen molar-refractivity contribution in [2.45, 2.75) is 66.0 Å². The molecule has 0 saturated carbocycles. The first-order valence-corrected chi connectivity index (χ1v) is 15.4. The van der Waals surface area contributed by atoms with Crippen LogP contribution in [0.25, 0.3) is 0 Å². The maximum atomic E-state index is 12.5. The van der Waals surface area contributed by atoms with E-state index in [1.807, 2.05) is 32.4 Å². The minimum absolute atomic E-state index is 0.0615. The number of amides is 1. The summed E-state index contributed by atoms with van der Waals surface area (Å²) >= 11 is 1.35. The van der Waals surface area contributed by atoms with Crippen LogP contribution in [0.1, 0.15) is 68.2 Å². The molecular weight excluding hydrogens is 487 g/mol. The average Bonchev–Trinajstić information content (AvgIpc) is 3.09. The van der Waals surface area contributed by atoms with E-state index in [0.717, 1.165) is 64.2 Å². The largest absolute Gasteiger partial charge is 0.492 e. The lowest BCUT2D eigenvalue weighted by molar-refractivity contribution is -0.119. The monoisotopic (exact) mass is 530 g/mol. The molecule has 0 saturated heterocycles. The molecule has 0 fully saturated rings. The first-order valence-electron chi connectivity index (χ1n) is 12.9. The Kier molecular flexibility index (Phi) is 13.9. The summed E-state index contributed by atoms with van der Waals surface area (Å²) in [6.07, 6.45) is 8.79. The van der Waals surface area contributed by atoms with Crippen molar-refractivity contribution < 1.29 is 9.53 Å². The van der Waals surface area contributed by atoms with E-state index >= 15 is 0 Å². The molecule has 3 rings (SSSR count). The Morgan fingerprint density at radius 2 is 2.17 bits per heavy atom. The van der Waals surface area contributed by atoms with Gasteiger partial charge in [-0.05, 0) is 60.4 Å². The van der Waals surface area contributed by atoms with Crippen molar-refractivity contribution in [1.29, 1.82) is 0 Å². The summed E-state index contributed by atoms with van der Waals surface area (Å²) in [5.74, 6) is 3.26. The average molecular weight is 531 g/mol. The van der Waals surface area contributed by atoms with Gasteiger partial charge in [-0.25, -0.2) is 0 Å². The fraction of sp³-hybridized carbons (Fsp3) is 0.500. The Bertz CT molecular complexity index is 986. The molecular formula is C28H43N4O2PS. The first kappa shape index (κ1) is 30.1. The van der Waals surface area contributed by atoms with Gasteiger partial charge in [0.1, 0.15) is 12.4 Å². The van der Waals surface area contributed by atoms with Crippen LogP contribution in [0, 0.1) is 6.92 Å². The van der Waals surface area contributed by atoms with Gasteiger partial charge in [-0.1, -0.05) is 59.5 Å². The van der Waals surface area contributed by atoms with Gasteiger partial charge in [0.05, 0.1) is 0 Å². The van der Waals surface area contributed by atoms with Crippen molar-refractivity contribution in [2.75, 3.05) is 25.6 Å². The normalized spacial score (nSPS) is 14.9. The molecule has 2 aromatic rings. The van der Waals surface area contributed by atoms with Crippen LogP contribution in [-0.4, -0.2) is 41.4 Å². The van der Waals surface area contributed by atoms with E-state index in [-0.39, 0.29) is 11.8 Å². The SMILES string of the molecule is CC.CCP/C=C(\N)CCC(CC(=O)NSC)c1ccc(C)c(CN2CCOc3ccncc3C2)c1. The molecule has 3 N–H and O–H groups in total. The van der Waals surface area contributed by atoms with E-state index in [2.05, 4.69) is 52.5 Å². The first-order chi connectivity index (χ1) is 17.5. The number of hydrogen-bond acceptors (Lipinski definition) is 6. The Morgan fingerprint density at radius 3 is 2.92 bits per heavy atom. The zero-order valence-corrected chi connectivity index (χ0v) is 24.3. The van der Waals surface area contributed by atoms with Gasteiger partial charge in [0, 0.05) is 56.0 Å². The second kappa shape index (κ2) is 16.6. The number of aryl methyl sites for hydroxylation is 1. The number of ether oxygens (including phenoxy) is 1. The van der Waals surface area contributed by atoms with Gasteiger partial charge in [0.15, 0.2) is 0 Å². The number of fused-ring (bicyclic) bond motifs is 1. The number of nitrogens with zero attached hydrogens (tertiary/aromatic N) is 2. The van der Waals surface area contributed by atoms with Crippen molar-refractivity contribution in [3.63, 3.8) is 0 Å². The Morgan fingerprint density at radius 1 is 1.36 bits per heavy atom. The highest BCUT2D eigenvalue weighted by molar-refractivity contribution is 7.97. The summed E-state index contributed by atoms with van der Waals surface area (Å²) in [4.78, 5) is 19.1. The van der Waals surface area contributed by atoms with Crippen molar-refractivity contribution >= 4 is 26.4 Å². The number of carbonyl (C=O) groups is 1. The summed E-state index contributed by atoms with van der Waals surface area (Å²) in [6, 6.07) is 8.59. The van der Waals surface area contributed by atoms with Crippen molar-refractivity contribution in [1.82, 2.24) is 14.6 Å². The summed E-state index contributed by atoms with van der Waals surface area (Å²) < 4.78 is 8.79. The third-order valence-electron chi connectivity index (χ3n) is 6.08. The van der Waals surface area contributed by atoms with Crippen LogP contribution in [0.15, 0.2) is 48.2 Å². The molecule has 2 heterocycles. The topological polar surface area (TPSA) is 80.5 Å². The number of aromatic nitrogens is 1. The smallest absolute Gasteiger partial charge is 0.230 e. The van der Waals surface area contributed by atoms with Crippen LogP contribution in [-0.2, 0) is 17.9 Å². The lowest BCUT2D eigenvalue weighted by atomic mass is 9.88. The van der Waals surface area contributed by atoms with Crippen LogP contribution in [0.4, 0.5) is 0 Å². The van der Waals surface area contributed by atoms with Crippen LogP contribution in [0.5, 0.6) is 5.75 Å². The predicted octanol–water partition coefficient (Wildman–Crippen LogP) is 5.96. The molecule has 0 bridgehead atoms. The fourth-order valence-corrected chi connectivity index (χ4v) is 5.10. The predicted molar refractivity (Wildman–Crippen MR) is 156 cm³/mol. The van der Waals surface area contributed by atoms with Gasteiger partial charge in [-0.15, -0.1) is 0 Å². The minimum atomic E-state index is 0.0615. The fourth-order valence-electron chi connectivity index (χ4n) is 4.18. The highest BCUT2D eigenvalue weighted by atomic mass is 32.2. The van der Waals surface area contributed by atoms with Crippen molar-refractivity contribution in [2.24, 2.45) is 5.73 Å². The number of pyridine rings is 1. The number of nitrogens with two attached hydrogens (primary N) is 1. The molecule has 198 valence electrons. The molecule has 1 aromatic carbocycles. The molecule has 1 aliphatic rings. The highest BCUT2D eigenvalue weighted by Crippen LogP contribution is 2.30. The van der Waals surface area contributed by atoms with Gasteiger partial charge >= 0.3 is 0 Å². The Balaban J connectivity index is 0.00000222. The second-order valence-corrected chi connectivity index (χ2v) is 10.7. The van der Waals surface area contributed by atoms with Crippen molar-refractivity contribution in [3.05, 3.63) is 70.4 Å². The molecule has 0 radical (unpaired) electrons. The number of carbonyl (C=O) groups excluding carboxylic acids is 1. The zero-order valence-electron chi connectivity index (χ0n) is 22.5. The summed E-state index contributed by atoms with van der Waals surface area (Å²) in [5.41, 5.74) is 12.1. The molecule has 36 heavy (non-hydrogen) atoms. The van der Waals surface area contributed by atoms with E-state index < -0.39 is 0 Å². The summed E-state index contributed by atoms with van der Waals surface area (Å²) in [5, 5.41) is 0. The van der Waals surface area contributed by atoms with Gasteiger partial charge < -0.3 is 15.2 Å². The molecule has 2 unspecified atom stereocenters. The molecule has 8 heteroatoms. The number of hydrogen-bond donors (Lipinski definition) is 2. The van der Waals surface area contributed by atoms with E-state index in [1.165, 1.54) is 28.6 Å². The van der Waals surface area contributed by atoms with Gasteiger partial charge in [-0.2, -0.15) is 0 Å². The highest BCUT2D eigenvalue weighted by Gasteiger charge is 2.20. The number of rotatable bonds is 11.